The highest BCUT2D eigenvalue weighted by atomic mass is 16.5. The zero-order chi connectivity index (χ0) is 15.2. The Labute approximate surface area is 125 Å². The Morgan fingerprint density at radius 3 is 2.90 bits per heavy atom. The van der Waals surface area contributed by atoms with E-state index in [1.807, 2.05) is 25.1 Å². The summed E-state index contributed by atoms with van der Waals surface area (Å²) in [4.78, 5) is 12.3. The molecule has 0 radical (unpaired) electrons. The van der Waals surface area contributed by atoms with Crippen LogP contribution in [0, 0.1) is 18.8 Å². The molecular weight excluding hydrogens is 266 g/mol. The van der Waals surface area contributed by atoms with Crippen LogP contribution >= 0.6 is 0 Å². The molecule has 0 unspecified atom stereocenters. The topological polar surface area (TPSA) is 58.6 Å². The van der Waals surface area contributed by atoms with Crippen molar-refractivity contribution in [1.29, 1.82) is 0 Å². The maximum Gasteiger partial charge on any atom is 0.251 e. The van der Waals surface area contributed by atoms with Gasteiger partial charge in [-0.1, -0.05) is 17.9 Å². The fourth-order valence-corrected chi connectivity index (χ4v) is 2.37. The predicted molar refractivity (Wildman–Crippen MR) is 81.0 cm³/mol. The Balaban J connectivity index is 2.04. The van der Waals surface area contributed by atoms with Gasteiger partial charge in [0.05, 0.1) is 12.7 Å². The lowest BCUT2D eigenvalue weighted by molar-refractivity contribution is 0.0176. The van der Waals surface area contributed by atoms with Crippen molar-refractivity contribution >= 4 is 5.91 Å². The average Bonchev–Trinajstić information content (AvgIpc) is 2.44. The molecule has 0 saturated heterocycles. The molecule has 1 saturated carbocycles. The second-order valence-corrected chi connectivity index (χ2v) is 5.25. The van der Waals surface area contributed by atoms with Crippen LogP contribution in [0.3, 0.4) is 0 Å². The van der Waals surface area contributed by atoms with E-state index in [2.05, 4.69) is 17.2 Å². The Bertz CT molecular complexity index is 565. The minimum absolute atomic E-state index is 0.0502. The molecular formula is C17H21NO3. The summed E-state index contributed by atoms with van der Waals surface area (Å²) in [6.45, 7) is 1.95. The van der Waals surface area contributed by atoms with Crippen LogP contribution in [0.5, 0.6) is 0 Å². The quantitative estimate of drug-likeness (QED) is 0.828. The van der Waals surface area contributed by atoms with Crippen LogP contribution in [-0.2, 0) is 4.74 Å². The number of hydrogen-bond donors (Lipinski definition) is 2. The lowest BCUT2D eigenvalue weighted by Crippen LogP contribution is -2.47. The molecule has 1 fully saturated rings. The van der Waals surface area contributed by atoms with Gasteiger partial charge in [-0.3, -0.25) is 4.79 Å². The van der Waals surface area contributed by atoms with E-state index in [-0.39, 0.29) is 24.7 Å². The Hall–Kier alpha value is -1.83. The zero-order valence-corrected chi connectivity index (χ0v) is 12.5. The summed E-state index contributed by atoms with van der Waals surface area (Å²) in [5, 5.41) is 11.8. The first-order chi connectivity index (χ1) is 10.2. The molecule has 4 nitrogen and oxygen atoms in total. The number of carbonyl (C=O) groups is 1. The zero-order valence-electron chi connectivity index (χ0n) is 12.5. The third-order valence-electron chi connectivity index (χ3n) is 3.80. The van der Waals surface area contributed by atoms with Crippen LogP contribution in [0.4, 0.5) is 0 Å². The molecule has 21 heavy (non-hydrogen) atoms. The molecule has 112 valence electrons. The van der Waals surface area contributed by atoms with Crippen LogP contribution < -0.4 is 5.32 Å². The highest BCUT2D eigenvalue weighted by Gasteiger charge is 2.30. The molecule has 1 aliphatic rings. The molecule has 0 bridgehead atoms. The number of aliphatic hydroxyl groups is 1. The summed E-state index contributed by atoms with van der Waals surface area (Å²) in [6, 6.07) is 5.74. The lowest BCUT2D eigenvalue weighted by Gasteiger charge is -2.34. The average molecular weight is 287 g/mol. The van der Waals surface area contributed by atoms with E-state index >= 15 is 0 Å². The van der Waals surface area contributed by atoms with Gasteiger partial charge in [0.2, 0.25) is 0 Å². The van der Waals surface area contributed by atoms with Crippen molar-refractivity contribution in [3.8, 4) is 11.8 Å². The number of methoxy groups -OCH3 is 1. The van der Waals surface area contributed by atoms with E-state index in [9.17, 15) is 4.79 Å². The maximum atomic E-state index is 12.3. The maximum absolute atomic E-state index is 12.3. The van der Waals surface area contributed by atoms with E-state index in [0.717, 1.165) is 24.0 Å². The minimum Gasteiger partial charge on any atom is -0.395 e. The number of aliphatic hydroxyl groups excluding tert-OH is 1. The second-order valence-electron chi connectivity index (χ2n) is 5.25. The molecule has 4 heteroatoms. The largest absolute Gasteiger partial charge is 0.395 e. The normalized spacial score (nSPS) is 20.1. The van der Waals surface area contributed by atoms with Gasteiger partial charge in [0.15, 0.2) is 0 Å². The fraction of sp³-hybridized carbons (Fsp3) is 0.471. The number of hydrogen-bond acceptors (Lipinski definition) is 3. The van der Waals surface area contributed by atoms with E-state index < -0.39 is 0 Å². The first-order valence-electron chi connectivity index (χ1n) is 7.18. The number of benzene rings is 1. The number of ether oxygens (including phenoxy) is 1. The highest BCUT2D eigenvalue weighted by Crippen LogP contribution is 2.23. The van der Waals surface area contributed by atoms with Crippen molar-refractivity contribution in [3.63, 3.8) is 0 Å². The Kier molecular flexibility index (Phi) is 5.38. The van der Waals surface area contributed by atoms with Crippen molar-refractivity contribution in [2.24, 2.45) is 0 Å². The van der Waals surface area contributed by atoms with Gasteiger partial charge in [0, 0.05) is 30.7 Å². The summed E-state index contributed by atoms with van der Waals surface area (Å²) in [5.74, 6) is 5.83. The molecule has 2 rings (SSSR count). The smallest absolute Gasteiger partial charge is 0.251 e. The summed E-state index contributed by atoms with van der Waals surface area (Å²) >= 11 is 0. The number of nitrogens with one attached hydrogen (secondary N) is 1. The molecule has 0 spiro atoms. The molecule has 1 aromatic carbocycles. The van der Waals surface area contributed by atoms with E-state index in [0.29, 0.717) is 12.0 Å². The van der Waals surface area contributed by atoms with Gasteiger partial charge in [-0.2, -0.15) is 0 Å². The molecule has 0 heterocycles. The van der Waals surface area contributed by atoms with Crippen molar-refractivity contribution in [2.75, 3.05) is 13.7 Å². The van der Waals surface area contributed by atoms with E-state index in [4.69, 9.17) is 9.84 Å². The van der Waals surface area contributed by atoms with E-state index in [1.165, 1.54) is 0 Å². The summed E-state index contributed by atoms with van der Waals surface area (Å²) in [7, 11) is 1.70. The van der Waals surface area contributed by atoms with Gasteiger partial charge < -0.3 is 15.2 Å². The molecule has 2 N–H and O–H groups in total. The first-order valence-corrected chi connectivity index (χ1v) is 7.18. The van der Waals surface area contributed by atoms with Crippen molar-refractivity contribution in [2.45, 2.75) is 38.3 Å². The van der Waals surface area contributed by atoms with Gasteiger partial charge >= 0.3 is 0 Å². The molecule has 0 atom stereocenters. The van der Waals surface area contributed by atoms with Gasteiger partial charge in [0.1, 0.15) is 0 Å². The SMILES string of the molecule is COC1CC(NC(=O)c2cccc(C#CCCO)c2C)C1. The van der Waals surface area contributed by atoms with Crippen molar-refractivity contribution in [1.82, 2.24) is 5.32 Å². The standard InChI is InChI=1S/C17H21NO3/c1-12-13(6-3-4-9-19)7-5-8-16(12)17(20)18-14-10-15(11-14)21-2/h5,7-8,14-15,19H,4,9-11H2,1-2H3,(H,18,20). The molecule has 1 aliphatic carbocycles. The Morgan fingerprint density at radius 1 is 1.48 bits per heavy atom. The predicted octanol–water partition coefficient (Wildman–Crippen LogP) is 1.64. The van der Waals surface area contributed by atoms with Crippen LogP contribution in [0.2, 0.25) is 0 Å². The summed E-state index contributed by atoms with van der Waals surface area (Å²) in [6.07, 6.45) is 2.46. The van der Waals surface area contributed by atoms with Crippen LogP contribution in [0.1, 0.15) is 40.7 Å². The van der Waals surface area contributed by atoms with Gasteiger partial charge in [-0.15, -0.1) is 0 Å². The third-order valence-corrected chi connectivity index (χ3v) is 3.80. The Morgan fingerprint density at radius 2 is 2.24 bits per heavy atom. The van der Waals surface area contributed by atoms with Gasteiger partial charge in [0.25, 0.3) is 5.91 Å². The highest BCUT2D eigenvalue weighted by molar-refractivity contribution is 5.96. The fourth-order valence-electron chi connectivity index (χ4n) is 2.37. The number of amides is 1. The molecule has 0 aliphatic heterocycles. The summed E-state index contributed by atoms with van der Waals surface area (Å²) < 4.78 is 5.21. The summed E-state index contributed by atoms with van der Waals surface area (Å²) in [5.41, 5.74) is 2.37. The molecule has 1 aromatic rings. The van der Waals surface area contributed by atoms with Crippen molar-refractivity contribution < 1.29 is 14.6 Å². The minimum atomic E-state index is -0.0575. The van der Waals surface area contributed by atoms with Gasteiger partial charge in [-0.25, -0.2) is 0 Å². The number of carbonyl (C=O) groups excluding carboxylic acids is 1. The molecule has 0 aromatic heterocycles. The monoisotopic (exact) mass is 287 g/mol. The van der Waals surface area contributed by atoms with Crippen molar-refractivity contribution in [3.05, 3.63) is 34.9 Å². The lowest BCUT2D eigenvalue weighted by atomic mass is 9.89. The first kappa shape index (κ1) is 15.6. The van der Waals surface area contributed by atoms with Crippen LogP contribution in [0.25, 0.3) is 0 Å². The van der Waals surface area contributed by atoms with Crippen LogP contribution in [0.15, 0.2) is 18.2 Å². The van der Waals surface area contributed by atoms with E-state index in [1.54, 1.807) is 7.11 Å². The number of rotatable bonds is 4. The van der Waals surface area contributed by atoms with Crippen LogP contribution in [-0.4, -0.2) is 36.9 Å². The molecule has 1 amide bonds. The third kappa shape index (κ3) is 3.84. The second kappa shape index (κ2) is 7.26. The van der Waals surface area contributed by atoms with Gasteiger partial charge in [-0.05, 0) is 37.5 Å².